The number of nitrogens with zero attached hydrogens (tertiary/aromatic N) is 1. The van der Waals surface area contributed by atoms with Gasteiger partial charge in [-0.2, -0.15) is 0 Å². The molecular weight excluding hydrogens is 306 g/mol. The predicted molar refractivity (Wildman–Crippen MR) is 81.0 cm³/mol. The Morgan fingerprint density at radius 1 is 1.32 bits per heavy atom. The van der Waals surface area contributed by atoms with Crippen molar-refractivity contribution in [2.45, 2.75) is 48.6 Å². The molecule has 120 valence electrons. The Bertz CT molecular complexity index is 683. The predicted octanol–water partition coefficient (Wildman–Crippen LogP) is 1.55. The van der Waals surface area contributed by atoms with E-state index in [2.05, 4.69) is 10.0 Å². The maximum Gasteiger partial charge on any atom is 0.289 e. The zero-order valence-electron chi connectivity index (χ0n) is 12.1. The molecule has 2 aliphatic rings. The molecule has 2 atom stereocenters. The van der Waals surface area contributed by atoms with Gasteiger partial charge in [0.1, 0.15) is 0 Å². The van der Waals surface area contributed by atoms with Crippen LogP contribution in [0.4, 0.5) is 5.69 Å². The SMILES string of the molecule is O=[N+]([O-])c1ccccc1S(=O)(=O)NC1CCC2(CCCN2)C1. The van der Waals surface area contributed by atoms with E-state index < -0.39 is 14.9 Å². The topological polar surface area (TPSA) is 101 Å². The van der Waals surface area contributed by atoms with Gasteiger partial charge in [0.25, 0.3) is 5.69 Å². The second-order valence-electron chi connectivity index (χ2n) is 6.10. The number of hydrogen-bond donors (Lipinski definition) is 2. The minimum atomic E-state index is -3.89. The number of nitro benzene ring substituents is 1. The van der Waals surface area contributed by atoms with Crippen LogP contribution in [0, 0.1) is 10.1 Å². The van der Waals surface area contributed by atoms with Gasteiger partial charge in [0.2, 0.25) is 10.0 Å². The summed E-state index contributed by atoms with van der Waals surface area (Å²) in [6, 6.07) is 5.28. The molecule has 1 saturated heterocycles. The van der Waals surface area contributed by atoms with Crippen molar-refractivity contribution in [1.82, 2.24) is 10.0 Å². The highest BCUT2D eigenvalue weighted by atomic mass is 32.2. The molecule has 1 aromatic rings. The zero-order chi connectivity index (χ0) is 15.8. The van der Waals surface area contributed by atoms with Crippen molar-refractivity contribution in [2.75, 3.05) is 6.54 Å². The highest BCUT2D eigenvalue weighted by Gasteiger charge is 2.42. The van der Waals surface area contributed by atoms with Gasteiger partial charge in [0, 0.05) is 17.6 Å². The maximum absolute atomic E-state index is 12.5. The van der Waals surface area contributed by atoms with Gasteiger partial charge in [0.05, 0.1) is 4.92 Å². The highest BCUT2D eigenvalue weighted by Crippen LogP contribution is 2.37. The van der Waals surface area contributed by atoms with E-state index in [1.807, 2.05) is 0 Å². The van der Waals surface area contributed by atoms with Gasteiger partial charge in [-0.05, 0) is 44.7 Å². The molecule has 1 aliphatic carbocycles. The van der Waals surface area contributed by atoms with Gasteiger partial charge >= 0.3 is 0 Å². The molecule has 1 aromatic carbocycles. The van der Waals surface area contributed by atoms with Crippen LogP contribution < -0.4 is 10.0 Å². The molecular formula is C14H19N3O4S. The Morgan fingerprint density at radius 3 is 2.77 bits per heavy atom. The smallest absolute Gasteiger partial charge is 0.289 e. The molecule has 8 heteroatoms. The van der Waals surface area contributed by atoms with Crippen LogP contribution in [0.15, 0.2) is 29.2 Å². The third-order valence-corrected chi connectivity index (χ3v) is 6.18. The average molecular weight is 325 g/mol. The van der Waals surface area contributed by atoms with Crippen LogP contribution in [0.5, 0.6) is 0 Å². The second-order valence-corrected chi connectivity index (χ2v) is 7.78. The van der Waals surface area contributed by atoms with Gasteiger partial charge in [-0.25, -0.2) is 13.1 Å². The summed E-state index contributed by atoms with van der Waals surface area (Å²) in [5, 5.41) is 14.5. The molecule has 0 aromatic heterocycles. The van der Waals surface area contributed by atoms with Crippen molar-refractivity contribution >= 4 is 15.7 Å². The Hall–Kier alpha value is -1.51. The molecule has 3 rings (SSSR count). The minimum Gasteiger partial charge on any atom is -0.311 e. The van der Waals surface area contributed by atoms with Crippen molar-refractivity contribution in [1.29, 1.82) is 0 Å². The summed E-state index contributed by atoms with van der Waals surface area (Å²) in [4.78, 5) is 10.1. The Morgan fingerprint density at radius 2 is 2.09 bits per heavy atom. The fourth-order valence-electron chi connectivity index (χ4n) is 3.60. The lowest BCUT2D eigenvalue weighted by Gasteiger charge is -2.23. The van der Waals surface area contributed by atoms with Gasteiger partial charge in [-0.15, -0.1) is 0 Å². The molecule has 7 nitrogen and oxygen atoms in total. The molecule has 1 saturated carbocycles. The second kappa shape index (κ2) is 5.60. The monoisotopic (exact) mass is 325 g/mol. The van der Waals surface area contributed by atoms with E-state index in [1.165, 1.54) is 24.3 Å². The van der Waals surface area contributed by atoms with Crippen molar-refractivity contribution in [3.63, 3.8) is 0 Å². The number of sulfonamides is 1. The zero-order valence-corrected chi connectivity index (χ0v) is 12.9. The first kappa shape index (κ1) is 15.4. The van der Waals surface area contributed by atoms with Crippen molar-refractivity contribution in [2.24, 2.45) is 0 Å². The molecule has 1 aliphatic heterocycles. The van der Waals surface area contributed by atoms with Gasteiger partial charge in [0.15, 0.2) is 4.90 Å². The molecule has 0 amide bonds. The molecule has 1 heterocycles. The first-order valence-electron chi connectivity index (χ1n) is 7.43. The summed E-state index contributed by atoms with van der Waals surface area (Å²) in [5.41, 5.74) is -0.336. The largest absolute Gasteiger partial charge is 0.311 e. The van der Waals surface area contributed by atoms with E-state index in [0.29, 0.717) is 0 Å². The van der Waals surface area contributed by atoms with E-state index >= 15 is 0 Å². The highest BCUT2D eigenvalue weighted by molar-refractivity contribution is 7.89. The first-order valence-corrected chi connectivity index (χ1v) is 8.91. The molecule has 1 spiro atoms. The number of para-hydroxylation sites is 1. The number of nitro groups is 1. The summed E-state index contributed by atoms with van der Waals surface area (Å²) in [6.07, 6.45) is 4.62. The number of nitrogens with one attached hydrogen (secondary N) is 2. The fourth-order valence-corrected chi connectivity index (χ4v) is 5.04. The maximum atomic E-state index is 12.5. The lowest BCUT2D eigenvalue weighted by molar-refractivity contribution is -0.387. The van der Waals surface area contributed by atoms with E-state index in [1.54, 1.807) is 0 Å². The van der Waals surface area contributed by atoms with Crippen LogP contribution in [0.25, 0.3) is 0 Å². The molecule has 2 N–H and O–H groups in total. The van der Waals surface area contributed by atoms with Crippen LogP contribution in [-0.2, 0) is 10.0 Å². The number of rotatable bonds is 4. The Kier molecular flexibility index (Phi) is 3.92. The molecule has 2 unspecified atom stereocenters. The van der Waals surface area contributed by atoms with Crippen LogP contribution in [0.3, 0.4) is 0 Å². The lowest BCUT2D eigenvalue weighted by atomic mass is 9.96. The van der Waals surface area contributed by atoms with Gasteiger partial charge in [-0.3, -0.25) is 10.1 Å². The fraction of sp³-hybridized carbons (Fsp3) is 0.571. The van der Waals surface area contributed by atoms with Crippen LogP contribution in [-0.4, -0.2) is 31.5 Å². The van der Waals surface area contributed by atoms with Crippen LogP contribution >= 0.6 is 0 Å². The van der Waals surface area contributed by atoms with Crippen LogP contribution in [0.2, 0.25) is 0 Å². The van der Waals surface area contributed by atoms with E-state index in [4.69, 9.17) is 0 Å². The van der Waals surface area contributed by atoms with Crippen molar-refractivity contribution in [3.05, 3.63) is 34.4 Å². The molecule has 0 radical (unpaired) electrons. The normalized spacial score (nSPS) is 28.3. The third kappa shape index (κ3) is 2.86. The summed E-state index contributed by atoms with van der Waals surface area (Å²) >= 11 is 0. The van der Waals surface area contributed by atoms with E-state index in [0.717, 1.165) is 38.6 Å². The minimum absolute atomic E-state index is 0.0514. The standard InChI is InChI=1S/C14H19N3O4S/c18-17(19)12-4-1-2-5-13(12)22(20,21)16-11-6-8-14(10-11)7-3-9-15-14/h1-2,4-5,11,15-16H,3,6-10H2. The van der Waals surface area contributed by atoms with E-state index in [9.17, 15) is 18.5 Å². The van der Waals surface area contributed by atoms with E-state index in [-0.39, 0.29) is 22.2 Å². The van der Waals surface area contributed by atoms with Crippen LogP contribution in [0.1, 0.15) is 32.1 Å². The quantitative estimate of drug-likeness (QED) is 0.646. The van der Waals surface area contributed by atoms with Gasteiger partial charge in [-0.1, -0.05) is 12.1 Å². The van der Waals surface area contributed by atoms with Crippen molar-refractivity contribution in [3.8, 4) is 0 Å². The van der Waals surface area contributed by atoms with Gasteiger partial charge < -0.3 is 5.32 Å². The summed E-state index contributed by atoms with van der Waals surface area (Å²) in [5.74, 6) is 0. The lowest BCUT2D eigenvalue weighted by Crippen LogP contribution is -2.40. The van der Waals surface area contributed by atoms with Crippen molar-refractivity contribution < 1.29 is 13.3 Å². The Labute approximate surface area is 129 Å². The number of benzene rings is 1. The summed E-state index contributed by atoms with van der Waals surface area (Å²) in [7, 11) is -3.89. The molecule has 2 fully saturated rings. The molecule has 0 bridgehead atoms. The summed E-state index contributed by atoms with van der Waals surface area (Å²) < 4.78 is 27.6. The summed E-state index contributed by atoms with van der Waals surface area (Å²) in [6.45, 7) is 0.976. The number of hydrogen-bond acceptors (Lipinski definition) is 5. The average Bonchev–Trinajstić information content (AvgIpc) is 3.09. The third-order valence-electron chi connectivity index (χ3n) is 4.61. The Balaban J connectivity index is 1.79. The first-order chi connectivity index (χ1) is 10.4. The molecule has 22 heavy (non-hydrogen) atoms.